The molecule has 1 aromatic heterocycles. The van der Waals surface area contributed by atoms with Crippen molar-refractivity contribution in [3.63, 3.8) is 0 Å². The van der Waals surface area contributed by atoms with E-state index in [-0.39, 0.29) is 47.5 Å². The lowest BCUT2D eigenvalue weighted by atomic mass is 9.69. The van der Waals surface area contributed by atoms with Crippen LogP contribution in [-0.2, 0) is 9.59 Å². The SMILES string of the molecule is COc1ncc(C2NC3(CCC(C(C)(C)C)CC3)N(C(CCC(C)(C)C)c3ccc(C(=O)NCCC(=O)O)cc3)C2=O)cc1F. The van der Waals surface area contributed by atoms with E-state index < -0.39 is 23.5 Å². The van der Waals surface area contributed by atoms with Gasteiger partial charge in [0.05, 0.1) is 25.2 Å². The Hall–Kier alpha value is -3.53. The van der Waals surface area contributed by atoms with Crippen LogP contribution in [0.1, 0.15) is 120 Å². The van der Waals surface area contributed by atoms with Crippen molar-refractivity contribution in [1.82, 2.24) is 20.5 Å². The van der Waals surface area contributed by atoms with Gasteiger partial charge in [-0.25, -0.2) is 9.37 Å². The number of carbonyl (C=O) groups excluding carboxylic acids is 2. The van der Waals surface area contributed by atoms with Gasteiger partial charge in [-0.2, -0.15) is 0 Å². The molecule has 0 radical (unpaired) electrons. The first-order chi connectivity index (χ1) is 21.0. The third-order valence-corrected chi connectivity index (χ3v) is 9.41. The topological polar surface area (TPSA) is 121 Å². The van der Waals surface area contributed by atoms with Gasteiger partial charge in [0.25, 0.3) is 5.91 Å². The van der Waals surface area contributed by atoms with Crippen LogP contribution in [0, 0.1) is 22.6 Å². The van der Waals surface area contributed by atoms with E-state index in [0.29, 0.717) is 23.5 Å². The fourth-order valence-corrected chi connectivity index (χ4v) is 6.78. The van der Waals surface area contributed by atoms with Crippen molar-refractivity contribution in [3.8, 4) is 5.88 Å². The summed E-state index contributed by atoms with van der Waals surface area (Å²) in [6.07, 6.45) is 6.33. The second kappa shape index (κ2) is 13.4. The molecule has 2 aromatic rings. The largest absolute Gasteiger partial charge is 0.481 e. The summed E-state index contributed by atoms with van der Waals surface area (Å²) >= 11 is 0. The molecule has 9 nitrogen and oxygen atoms in total. The highest BCUT2D eigenvalue weighted by Gasteiger charge is 2.55. The van der Waals surface area contributed by atoms with Crippen LogP contribution < -0.4 is 15.4 Å². The zero-order chi connectivity index (χ0) is 33.2. The highest BCUT2D eigenvalue weighted by molar-refractivity contribution is 5.94. The van der Waals surface area contributed by atoms with Gasteiger partial charge in [-0.3, -0.25) is 19.7 Å². The summed E-state index contributed by atoms with van der Waals surface area (Å²) in [5.41, 5.74) is 1.31. The predicted octanol–water partition coefficient (Wildman–Crippen LogP) is 6.41. The third kappa shape index (κ3) is 8.01. The van der Waals surface area contributed by atoms with Gasteiger partial charge >= 0.3 is 5.97 Å². The molecule has 1 aliphatic heterocycles. The number of rotatable bonds is 10. The molecule has 3 N–H and O–H groups in total. The first-order valence-electron chi connectivity index (χ1n) is 15.9. The van der Waals surface area contributed by atoms with E-state index in [1.165, 1.54) is 19.4 Å². The number of carboxylic acids is 1. The zero-order valence-electron chi connectivity index (χ0n) is 27.7. The molecule has 1 saturated carbocycles. The number of hydrogen-bond donors (Lipinski definition) is 3. The number of pyridine rings is 1. The molecule has 10 heteroatoms. The number of methoxy groups -OCH3 is 1. The number of halogens is 1. The van der Waals surface area contributed by atoms with Crippen molar-refractivity contribution in [2.45, 2.75) is 104 Å². The Balaban J connectivity index is 1.73. The molecule has 2 atom stereocenters. The van der Waals surface area contributed by atoms with Gasteiger partial charge in [0.15, 0.2) is 5.82 Å². The molecule has 1 aliphatic carbocycles. The maximum atomic E-state index is 14.8. The summed E-state index contributed by atoms with van der Waals surface area (Å²) in [6.45, 7) is 13.4. The molecule has 2 heterocycles. The van der Waals surface area contributed by atoms with Gasteiger partial charge in [-0.15, -0.1) is 0 Å². The number of carbonyl (C=O) groups is 3. The number of nitrogens with zero attached hydrogens (tertiary/aromatic N) is 2. The first-order valence-corrected chi connectivity index (χ1v) is 15.9. The fourth-order valence-electron chi connectivity index (χ4n) is 6.78. The van der Waals surface area contributed by atoms with Crippen LogP contribution in [0.25, 0.3) is 0 Å². The second-order valence-electron chi connectivity index (χ2n) is 14.9. The molecule has 246 valence electrons. The number of carboxylic acid groups (broad SMARTS) is 1. The van der Waals surface area contributed by atoms with E-state index in [0.717, 1.165) is 37.7 Å². The summed E-state index contributed by atoms with van der Waals surface area (Å²) in [6, 6.07) is 7.52. The van der Waals surface area contributed by atoms with E-state index in [4.69, 9.17) is 9.84 Å². The molecule has 2 fully saturated rings. The Morgan fingerprint density at radius 3 is 2.33 bits per heavy atom. The van der Waals surface area contributed by atoms with Crippen molar-refractivity contribution in [2.75, 3.05) is 13.7 Å². The van der Waals surface area contributed by atoms with Crippen LogP contribution in [0.3, 0.4) is 0 Å². The lowest BCUT2D eigenvalue weighted by Gasteiger charge is -2.49. The molecule has 0 bridgehead atoms. The molecule has 1 saturated heterocycles. The summed E-state index contributed by atoms with van der Waals surface area (Å²) in [4.78, 5) is 44.3. The number of hydrogen-bond acceptors (Lipinski definition) is 6. The number of nitrogens with one attached hydrogen (secondary N) is 2. The molecule has 2 amide bonds. The normalized spacial score (nSPS) is 22.8. The number of aliphatic carboxylic acids is 1. The standard InChI is InChI=1S/C35H49FN4O5/c1-33(2,3)16-14-27(22-8-10-23(11-9-22)30(43)37-19-15-28(41)42)40-32(44)29(24-20-26(36)31(45-7)38-21-24)39-35(40)17-12-25(13-18-35)34(4,5)6/h8-11,20-21,25,27,29,39H,12-19H2,1-7H3,(H,37,43)(H,41,42). The van der Waals surface area contributed by atoms with Crippen molar-refractivity contribution in [2.24, 2.45) is 16.7 Å². The van der Waals surface area contributed by atoms with E-state index in [2.05, 4.69) is 57.2 Å². The molecule has 1 aromatic carbocycles. The van der Waals surface area contributed by atoms with Gasteiger partial charge in [0.1, 0.15) is 6.04 Å². The van der Waals surface area contributed by atoms with Crippen molar-refractivity contribution >= 4 is 17.8 Å². The van der Waals surface area contributed by atoms with Gasteiger partial charge in [-0.1, -0.05) is 53.7 Å². The Morgan fingerprint density at radius 1 is 1.16 bits per heavy atom. The van der Waals surface area contributed by atoms with Gasteiger partial charge in [-0.05, 0) is 79.0 Å². The average molecular weight is 625 g/mol. The molecular weight excluding hydrogens is 575 g/mol. The Morgan fingerprint density at radius 2 is 1.80 bits per heavy atom. The highest BCUT2D eigenvalue weighted by atomic mass is 19.1. The van der Waals surface area contributed by atoms with Crippen molar-refractivity contribution in [1.29, 1.82) is 0 Å². The number of ether oxygens (including phenoxy) is 1. The predicted molar refractivity (Wildman–Crippen MR) is 170 cm³/mol. The van der Waals surface area contributed by atoms with E-state index >= 15 is 0 Å². The lowest BCUT2D eigenvalue weighted by Crippen LogP contribution is -2.56. The fraction of sp³-hybridized carbons (Fsp3) is 0.600. The quantitative estimate of drug-likeness (QED) is 0.280. The monoisotopic (exact) mass is 624 g/mol. The van der Waals surface area contributed by atoms with E-state index in [1.807, 2.05) is 17.0 Å². The summed E-state index contributed by atoms with van der Waals surface area (Å²) in [5.74, 6) is -1.67. The minimum absolute atomic E-state index is 0.0118. The highest BCUT2D eigenvalue weighted by Crippen LogP contribution is 2.50. The Labute approximate surface area is 266 Å². The van der Waals surface area contributed by atoms with Crippen molar-refractivity contribution < 1.29 is 28.6 Å². The maximum Gasteiger partial charge on any atom is 0.305 e. The Kier molecular flexibility index (Phi) is 10.3. The number of aromatic nitrogens is 1. The van der Waals surface area contributed by atoms with E-state index in [1.54, 1.807) is 12.1 Å². The van der Waals surface area contributed by atoms with Gasteiger partial charge in [0.2, 0.25) is 11.8 Å². The summed E-state index contributed by atoms with van der Waals surface area (Å²) in [7, 11) is 1.36. The van der Waals surface area contributed by atoms with Crippen LogP contribution in [0.4, 0.5) is 4.39 Å². The average Bonchev–Trinajstić information content (AvgIpc) is 3.23. The van der Waals surface area contributed by atoms with Crippen LogP contribution in [0.15, 0.2) is 36.5 Å². The molecular formula is C35H49FN4O5. The molecule has 1 spiro atoms. The van der Waals surface area contributed by atoms with Crippen LogP contribution >= 0.6 is 0 Å². The smallest absolute Gasteiger partial charge is 0.305 e. The first kappa shape index (κ1) is 34.3. The molecule has 2 aliphatic rings. The second-order valence-corrected chi connectivity index (χ2v) is 14.9. The van der Waals surface area contributed by atoms with E-state index in [9.17, 15) is 18.8 Å². The number of amides is 2. The van der Waals surface area contributed by atoms with Crippen LogP contribution in [-0.4, -0.2) is 52.1 Å². The van der Waals surface area contributed by atoms with Crippen LogP contribution in [0.2, 0.25) is 0 Å². The minimum Gasteiger partial charge on any atom is -0.481 e. The molecule has 45 heavy (non-hydrogen) atoms. The number of benzene rings is 1. The Bertz CT molecular complexity index is 1370. The maximum absolute atomic E-state index is 14.8. The minimum atomic E-state index is -0.979. The van der Waals surface area contributed by atoms with Gasteiger partial charge < -0.3 is 20.1 Å². The zero-order valence-corrected chi connectivity index (χ0v) is 27.7. The third-order valence-electron chi connectivity index (χ3n) is 9.41. The lowest BCUT2D eigenvalue weighted by molar-refractivity contribution is -0.138. The molecule has 4 rings (SSSR count). The van der Waals surface area contributed by atoms with Gasteiger partial charge in [0, 0.05) is 23.9 Å². The van der Waals surface area contributed by atoms with Crippen LogP contribution in [0.5, 0.6) is 5.88 Å². The molecule has 2 unspecified atom stereocenters. The van der Waals surface area contributed by atoms with Crippen molar-refractivity contribution in [3.05, 3.63) is 59.0 Å². The summed E-state index contributed by atoms with van der Waals surface area (Å²) < 4.78 is 19.9. The summed E-state index contributed by atoms with van der Waals surface area (Å²) in [5, 5.41) is 15.2.